The number of rotatable bonds is 9. The molecular weight excluding hydrogens is 232 g/mol. The standard InChI is InChI=1S/C17H38N2/c1-9-15(10-2)12-19(11-3)14-17(7,8)13-18-16(4,5)6/h15,18H,9-14H2,1-8H3. The summed E-state index contributed by atoms with van der Waals surface area (Å²) in [4.78, 5) is 2.63. The van der Waals surface area contributed by atoms with Crippen LogP contribution in [0.4, 0.5) is 0 Å². The molecule has 0 unspecified atom stereocenters. The lowest BCUT2D eigenvalue weighted by Gasteiger charge is -2.36. The maximum Gasteiger partial charge on any atom is 0.00967 e. The van der Waals surface area contributed by atoms with Crippen molar-refractivity contribution in [2.24, 2.45) is 11.3 Å². The van der Waals surface area contributed by atoms with E-state index >= 15 is 0 Å². The third-order valence-corrected chi connectivity index (χ3v) is 3.87. The van der Waals surface area contributed by atoms with Crippen molar-refractivity contribution in [1.29, 1.82) is 0 Å². The summed E-state index contributed by atoms with van der Waals surface area (Å²) in [5.74, 6) is 0.853. The highest BCUT2D eigenvalue weighted by atomic mass is 15.1. The Balaban J connectivity index is 4.34. The molecule has 116 valence electrons. The van der Waals surface area contributed by atoms with Crippen LogP contribution in [0.5, 0.6) is 0 Å². The molecule has 0 radical (unpaired) electrons. The number of hydrogen-bond acceptors (Lipinski definition) is 2. The summed E-state index contributed by atoms with van der Waals surface area (Å²) in [6.45, 7) is 23.1. The first kappa shape index (κ1) is 18.9. The quantitative estimate of drug-likeness (QED) is 0.677. The van der Waals surface area contributed by atoms with Crippen molar-refractivity contribution in [2.75, 3.05) is 26.2 Å². The van der Waals surface area contributed by atoms with E-state index in [0.29, 0.717) is 5.41 Å². The monoisotopic (exact) mass is 270 g/mol. The summed E-state index contributed by atoms with van der Waals surface area (Å²) < 4.78 is 0. The van der Waals surface area contributed by atoms with Gasteiger partial charge < -0.3 is 10.2 Å². The second-order valence-electron chi connectivity index (χ2n) is 7.78. The SMILES string of the molecule is CCC(CC)CN(CC)CC(C)(C)CNC(C)(C)C. The minimum Gasteiger partial charge on any atom is -0.311 e. The number of nitrogens with zero attached hydrogens (tertiary/aromatic N) is 1. The Morgan fingerprint density at radius 3 is 1.84 bits per heavy atom. The van der Waals surface area contributed by atoms with Crippen LogP contribution in [0.2, 0.25) is 0 Å². The molecule has 0 aliphatic heterocycles. The summed E-state index contributed by atoms with van der Waals surface area (Å²) in [6.07, 6.45) is 2.60. The zero-order chi connectivity index (χ0) is 15.1. The van der Waals surface area contributed by atoms with Crippen molar-refractivity contribution < 1.29 is 0 Å². The lowest BCUT2D eigenvalue weighted by molar-refractivity contribution is 0.149. The maximum absolute atomic E-state index is 3.65. The molecule has 0 rings (SSSR count). The molecule has 0 aliphatic rings. The van der Waals surface area contributed by atoms with Gasteiger partial charge in [0.1, 0.15) is 0 Å². The van der Waals surface area contributed by atoms with Gasteiger partial charge in [-0.3, -0.25) is 0 Å². The molecule has 0 fully saturated rings. The van der Waals surface area contributed by atoms with Gasteiger partial charge in [0.15, 0.2) is 0 Å². The summed E-state index contributed by atoms with van der Waals surface area (Å²) in [5, 5.41) is 3.65. The van der Waals surface area contributed by atoms with Crippen LogP contribution in [0.3, 0.4) is 0 Å². The van der Waals surface area contributed by atoms with Gasteiger partial charge in [-0.2, -0.15) is 0 Å². The number of hydrogen-bond donors (Lipinski definition) is 1. The Kier molecular flexibility index (Phi) is 8.23. The van der Waals surface area contributed by atoms with Crippen LogP contribution in [-0.2, 0) is 0 Å². The van der Waals surface area contributed by atoms with E-state index in [1.807, 2.05) is 0 Å². The predicted octanol–water partition coefficient (Wildman–Crippen LogP) is 4.16. The van der Waals surface area contributed by atoms with E-state index in [1.54, 1.807) is 0 Å². The zero-order valence-electron chi connectivity index (χ0n) is 14.8. The molecule has 0 heterocycles. The molecule has 0 saturated heterocycles. The first-order valence-corrected chi connectivity index (χ1v) is 8.11. The third kappa shape index (κ3) is 9.45. The molecule has 0 bridgehead atoms. The summed E-state index contributed by atoms with van der Waals surface area (Å²) in [7, 11) is 0. The van der Waals surface area contributed by atoms with Gasteiger partial charge in [0.05, 0.1) is 0 Å². The van der Waals surface area contributed by atoms with Gasteiger partial charge >= 0.3 is 0 Å². The molecule has 1 N–H and O–H groups in total. The Hall–Kier alpha value is -0.0800. The molecule has 0 aromatic heterocycles. The molecule has 0 amide bonds. The fourth-order valence-electron chi connectivity index (χ4n) is 2.38. The molecule has 2 heteroatoms. The van der Waals surface area contributed by atoms with E-state index in [0.717, 1.165) is 19.0 Å². The van der Waals surface area contributed by atoms with Gasteiger partial charge in [0, 0.05) is 25.2 Å². The van der Waals surface area contributed by atoms with Gasteiger partial charge in [0.25, 0.3) is 0 Å². The van der Waals surface area contributed by atoms with Crippen molar-refractivity contribution in [2.45, 2.75) is 73.8 Å². The van der Waals surface area contributed by atoms with Crippen molar-refractivity contribution in [1.82, 2.24) is 10.2 Å². The van der Waals surface area contributed by atoms with Crippen LogP contribution in [0.25, 0.3) is 0 Å². The molecule has 2 nitrogen and oxygen atoms in total. The maximum atomic E-state index is 3.65. The second-order valence-corrected chi connectivity index (χ2v) is 7.78. The highest BCUT2D eigenvalue weighted by Gasteiger charge is 2.24. The van der Waals surface area contributed by atoms with E-state index in [1.165, 1.54) is 25.9 Å². The average molecular weight is 271 g/mol. The smallest absolute Gasteiger partial charge is 0.00967 e. The molecule has 0 atom stereocenters. The Bertz CT molecular complexity index is 224. The number of nitrogens with one attached hydrogen (secondary N) is 1. The van der Waals surface area contributed by atoms with E-state index in [-0.39, 0.29) is 5.54 Å². The molecule has 19 heavy (non-hydrogen) atoms. The van der Waals surface area contributed by atoms with E-state index in [9.17, 15) is 0 Å². The minimum absolute atomic E-state index is 0.212. The van der Waals surface area contributed by atoms with Gasteiger partial charge in [0.2, 0.25) is 0 Å². The highest BCUT2D eigenvalue weighted by Crippen LogP contribution is 2.19. The first-order valence-electron chi connectivity index (χ1n) is 8.11. The topological polar surface area (TPSA) is 15.3 Å². The minimum atomic E-state index is 0.212. The molecular formula is C17H38N2. The van der Waals surface area contributed by atoms with E-state index in [2.05, 4.69) is 65.6 Å². The van der Waals surface area contributed by atoms with Gasteiger partial charge in [-0.15, -0.1) is 0 Å². The summed E-state index contributed by atoms with van der Waals surface area (Å²) in [6, 6.07) is 0. The van der Waals surface area contributed by atoms with Crippen LogP contribution < -0.4 is 5.32 Å². The van der Waals surface area contributed by atoms with E-state index in [4.69, 9.17) is 0 Å². The third-order valence-electron chi connectivity index (χ3n) is 3.87. The van der Waals surface area contributed by atoms with Crippen LogP contribution in [0.15, 0.2) is 0 Å². The van der Waals surface area contributed by atoms with Crippen LogP contribution >= 0.6 is 0 Å². The van der Waals surface area contributed by atoms with Crippen LogP contribution in [0, 0.1) is 11.3 Å². The molecule has 0 spiro atoms. The van der Waals surface area contributed by atoms with Crippen molar-refractivity contribution in [3.63, 3.8) is 0 Å². The summed E-state index contributed by atoms with van der Waals surface area (Å²) in [5.41, 5.74) is 0.541. The summed E-state index contributed by atoms with van der Waals surface area (Å²) >= 11 is 0. The normalized spacial score (nSPS) is 13.6. The Morgan fingerprint density at radius 2 is 1.47 bits per heavy atom. The molecule has 0 aromatic rings. The Morgan fingerprint density at radius 1 is 0.947 bits per heavy atom. The van der Waals surface area contributed by atoms with Crippen LogP contribution in [-0.4, -0.2) is 36.6 Å². The molecule has 0 aliphatic carbocycles. The lowest BCUT2D eigenvalue weighted by atomic mass is 9.90. The fourth-order valence-corrected chi connectivity index (χ4v) is 2.38. The largest absolute Gasteiger partial charge is 0.311 e. The predicted molar refractivity (Wildman–Crippen MR) is 87.7 cm³/mol. The molecule has 0 saturated carbocycles. The van der Waals surface area contributed by atoms with Crippen molar-refractivity contribution >= 4 is 0 Å². The molecule has 0 aromatic carbocycles. The lowest BCUT2D eigenvalue weighted by Crippen LogP contribution is -2.47. The first-order chi connectivity index (χ1) is 8.63. The van der Waals surface area contributed by atoms with Gasteiger partial charge in [-0.1, -0.05) is 47.5 Å². The van der Waals surface area contributed by atoms with E-state index < -0.39 is 0 Å². The van der Waals surface area contributed by atoms with Crippen molar-refractivity contribution in [3.8, 4) is 0 Å². The second kappa shape index (κ2) is 8.26. The van der Waals surface area contributed by atoms with Gasteiger partial charge in [-0.25, -0.2) is 0 Å². The van der Waals surface area contributed by atoms with Crippen LogP contribution in [0.1, 0.15) is 68.2 Å². The Labute approximate surface area is 122 Å². The highest BCUT2D eigenvalue weighted by molar-refractivity contribution is 4.81. The van der Waals surface area contributed by atoms with Gasteiger partial charge in [-0.05, 0) is 38.6 Å². The average Bonchev–Trinajstić information content (AvgIpc) is 2.31. The fraction of sp³-hybridized carbons (Fsp3) is 1.00. The van der Waals surface area contributed by atoms with Crippen molar-refractivity contribution in [3.05, 3.63) is 0 Å². The zero-order valence-corrected chi connectivity index (χ0v) is 14.8.